The predicted molar refractivity (Wildman–Crippen MR) is 62.1 cm³/mol. The topological polar surface area (TPSA) is 72.7 Å². The van der Waals surface area contributed by atoms with E-state index in [4.69, 9.17) is 0 Å². The van der Waals surface area contributed by atoms with E-state index in [9.17, 15) is 4.79 Å². The molecule has 1 amide bonds. The van der Waals surface area contributed by atoms with Gasteiger partial charge >= 0.3 is 0 Å². The summed E-state index contributed by atoms with van der Waals surface area (Å²) in [6.07, 6.45) is 6.56. The highest BCUT2D eigenvalue weighted by molar-refractivity contribution is 5.75. The molecule has 1 aliphatic rings. The minimum absolute atomic E-state index is 0.0307. The van der Waals surface area contributed by atoms with Gasteiger partial charge in [0, 0.05) is 6.42 Å². The summed E-state index contributed by atoms with van der Waals surface area (Å²) < 4.78 is 1.88. The van der Waals surface area contributed by atoms with Crippen molar-refractivity contribution in [1.29, 1.82) is 0 Å². The van der Waals surface area contributed by atoms with Crippen LogP contribution < -0.4 is 5.32 Å². The fourth-order valence-electron chi connectivity index (χ4n) is 2.24. The lowest BCUT2D eigenvalue weighted by Gasteiger charge is -2.22. The molecule has 0 atom stereocenters. The summed E-state index contributed by atoms with van der Waals surface area (Å²) in [7, 11) is 0. The van der Waals surface area contributed by atoms with Gasteiger partial charge in [-0.15, -0.1) is 5.10 Å². The van der Waals surface area contributed by atoms with E-state index in [-0.39, 0.29) is 5.91 Å². The minimum Gasteiger partial charge on any atom is -0.349 e. The molecule has 1 N–H and O–H groups in total. The zero-order valence-corrected chi connectivity index (χ0v) is 10.2. The summed E-state index contributed by atoms with van der Waals surface area (Å²) in [5, 5.41) is 14.6. The van der Waals surface area contributed by atoms with E-state index in [1.165, 1.54) is 19.3 Å². The summed E-state index contributed by atoms with van der Waals surface area (Å²) in [5.74, 6) is 0.793. The summed E-state index contributed by atoms with van der Waals surface area (Å²) >= 11 is 0. The molecular weight excluding hydrogens is 218 g/mol. The summed E-state index contributed by atoms with van der Waals surface area (Å²) in [6, 6.07) is 0.410. The molecule has 0 radical (unpaired) electrons. The Morgan fingerprint density at radius 1 is 1.41 bits per heavy atom. The number of nitrogens with one attached hydrogen (secondary N) is 1. The van der Waals surface area contributed by atoms with Crippen molar-refractivity contribution in [1.82, 2.24) is 25.5 Å². The van der Waals surface area contributed by atoms with Crippen molar-refractivity contribution in [2.45, 2.75) is 58.0 Å². The highest BCUT2D eigenvalue weighted by atomic mass is 16.1. The number of carbonyl (C=O) groups excluding carboxylic acids is 1. The molecule has 1 fully saturated rings. The van der Waals surface area contributed by atoms with E-state index in [0.717, 1.165) is 18.7 Å². The van der Waals surface area contributed by atoms with Crippen LogP contribution >= 0.6 is 0 Å². The Morgan fingerprint density at radius 2 is 2.18 bits per heavy atom. The molecule has 6 nitrogen and oxygen atoms in total. The van der Waals surface area contributed by atoms with Crippen LogP contribution in [0.3, 0.4) is 0 Å². The van der Waals surface area contributed by atoms with Gasteiger partial charge < -0.3 is 5.32 Å². The minimum atomic E-state index is 0.0307. The maximum Gasteiger partial charge on any atom is 0.220 e. The summed E-state index contributed by atoms with van der Waals surface area (Å²) in [6.45, 7) is 2.26. The first kappa shape index (κ1) is 12.0. The van der Waals surface area contributed by atoms with Crippen LogP contribution in [0.15, 0.2) is 0 Å². The smallest absolute Gasteiger partial charge is 0.220 e. The number of aromatic nitrogens is 4. The first-order valence-electron chi connectivity index (χ1n) is 6.34. The molecule has 0 aromatic carbocycles. The first-order valence-corrected chi connectivity index (χ1v) is 6.34. The second-order valence-electron chi connectivity index (χ2n) is 4.46. The molecule has 6 heteroatoms. The van der Waals surface area contributed by atoms with E-state index in [0.29, 0.717) is 19.0 Å². The van der Waals surface area contributed by atoms with Crippen LogP contribution in [0, 0.1) is 0 Å². The van der Waals surface area contributed by atoms with Crippen molar-refractivity contribution < 1.29 is 4.79 Å². The molecule has 1 heterocycles. The van der Waals surface area contributed by atoms with Gasteiger partial charge in [-0.2, -0.15) is 0 Å². The standard InChI is InChI=1S/C11H19N5O/c1-2-11(17)12-8-10-13-14-15-16(10)9-6-4-3-5-7-9/h9H,2-8H2,1H3,(H,12,17). The molecule has 0 saturated heterocycles. The lowest BCUT2D eigenvalue weighted by molar-refractivity contribution is -0.120. The summed E-state index contributed by atoms with van der Waals surface area (Å²) in [5.41, 5.74) is 0. The van der Waals surface area contributed by atoms with Crippen molar-refractivity contribution in [2.75, 3.05) is 0 Å². The average molecular weight is 237 g/mol. The number of hydrogen-bond acceptors (Lipinski definition) is 4. The molecule has 1 aromatic rings. The van der Waals surface area contributed by atoms with Crippen molar-refractivity contribution >= 4 is 5.91 Å². The zero-order chi connectivity index (χ0) is 12.1. The number of hydrogen-bond donors (Lipinski definition) is 1. The quantitative estimate of drug-likeness (QED) is 0.854. The largest absolute Gasteiger partial charge is 0.349 e. The molecule has 0 aliphatic heterocycles. The third-order valence-electron chi connectivity index (χ3n) is 3.25. The number of nitrogens with zero attached hydrogens (tertiary/aromatic N) is 4. The highest BCUT2D eigenvalue weighted by Gasteiger charge is 2.19. The monoisotopic (exact) mass is 237 g/mol. The van der Waals surface area contributed by atoms with Crippen molar-refractivity contribution in [3.63, 3.8) is 0 Å². The van der Waals surface area contributed by atoms with Crippen LogP contribution in [-0.4, -0.2) is 26.1 Å². The number of rotatable bonds is 4. The van der Waals surface area contributed by atoms with Crippen LogP contribution in [0.1, 0.15) is 57.3 Å². The Hall–Kier alpha value is -1.46. The van der Waals surface area contributed by atoms with Crippen LogP contribution in [0.4, 0.5) is 0 Å². The number of carbonyl (C=O) groups is 1. The van der Waals surface area contributed by atoms with Gasteiger partial charge in [0.15, 0.2) is 5.82 Å². The second kappa shape index (κ2) is 5.75. The third kappa shape index (κ3) is 3.01. The fraction of sp³-hybridized carbons (Fsp3) is 0.818. The van der Waals surface area contributed by atoms with E-state index in [1.807, 2.05) is 11.6 Å². The average Bonchev–Trinajstić information content (AvgIpc) is 2.85. The van der Waals surface area contributed by atoms with Crippen molar-refractivity contribution in [3.05, 3.63) is 5.82 Å². The lowest BCUT2D eigenvalue weighted by atomic mass is 9.95. The maximum absolute atomic E-state index is 11.2. The maximum atomic E-state index is 11.2. The molecular formula is C11H19N5O. The third-order valence-corrected chi connectivity index (χ3v) is 3.25. The molecule has 0 spiro atoms. The molecule has 0 unspecified atom stereocenters. The molecule has 17 heavy (non-hydrogen) atoms. The summed E-state index contributed by atoms with van der Waals surface area (Å²) in [4.78, 5) is 11.2. The van der Waals surface area contributed by atoms with Gasteiger partial charge in [0.05, 0.1) is 12.6 Å². The van der Waals surface area contributed by atoms with Crippen LogP contribution in [0.25, 0.3) is 0 Å². The second-order valence-corrected chi connectivity index (χ2v) is 4.46. The Kier molecular flexibility index (Phi) is 4.06. The Balaban J connectivity index is 1.98. The van der Waals surface area contributed by atoms with Gasteiger partial charge in [-0.25, -0.2) is 4.68 Å². The zero-order valence-electron chi connectivity index (χ0n) is 10.2. The SMILES string of the molecule is CCC(=O)NCc1nnnn1C1CCCCC1. The van der Waals surface area contributed by atoms with E-state index >= 15 is 0 Å². The van der Waals surface area contributed by atoms with Crippen LogP contribution in [0.5, 0.6) is 0 Å². The molecule has 1 aromatic heterocycles. The normalized spacial score (nSPS) is 17.0. The highest BCUT2D eigenvalue weighted by Crippen LogP contribution is 2.27. The van der Waals surface area contributed by atoms with Gasteiger partial charge in [0.1, 0.15) is 0 Å². The van der Waals surface area contributed by atoms with Gasteiger partial charge in [-0.1, -0.05) is 26.2 Å². The number of tetrazole rings is 1. The van der Waals surface area contributed by atoms with Gasteiger partial charge in [-0.3, -0.25) is 4.79 Å². The Bertz CT molecular complexity index is 370. The fourth-order valence-corrected chi connectivity index (χ4v) is 2.24. The lowest BCUT2D eigenvalue weighted by Crippen LogP contribution is -2.25. The van der Waals surface area contributed by atoms with E-state index < -0.39 is 0 Å². The Labute approximate surface area is 101 Å². The van der Waals surface area contributed by atoms with E-state index in [1.54, 1.807) is 0 Å². The van der Waals surface area contributed by atoms with Crippen molar-refractivity contribution in [2.24, 2.45) is 0 Å². The van der Waals surface area contributed by atoms with Crippen LogP contribution in [0.2, 0.25) is 0 Å². The molecule has 1 aliphatic carbocycles. The van der Waals surface area contributed by atoms with Crippen LogP contribution in [-0.2, 0) is 11.3 Å². The molecule has 1 saturated carbocycles. The first-order chi connectivity index (χ1) is 8.31. The predicted octanol–water partition coefficient (Wildman–Crippen LogP) is 1.20. The number of amides is 1. The van der Waals surface area contributed by atoms with Gasteiger partial charge in [0.2, 0.25) is 5.91 Å². The molecule has 2 rings (SSSR count). The molecule has 94 valence electrons. The Morgan fingerprint density at radius 3 is 2.88 bits per heavy atom. The van der Waals surface area contributed by atoms with Gasteiger partial charge in [0.25, 0.3) is 0 Å². The van der Waals surface area contributed by atoms with Crippen molar-refractivity contribution in [3.8, 4) is 0 Å². The van der Waals surface area contributed by atoms with Gasteiger partial charge in [-0.05, 0) is 23.3 Å². The van der Waals surface area contributed by atoms with E-state index in [2.05, 4.69) is 20.8 Å². The molecule has 0 bridgehead atoms.